The third-order valence-electron chi connectivity index (χ3n) is 4.16. The van der Waals surface area contributed by atoms with Crippen molar-refractivity contribution in [2.45, 2.75) is 6.54 Å². The number of urea groups is 1. The Morgan fingerprint density at radius 3 is 2.60 bits per heavy atom. The Morgan fingerprint density at radius 2 is 1.96 bits per heavy atom. The highest BCUT2D eigenvalue weighted by Gasteiger charge is 2.25. The van der Waals surface area contributed by atoms with Crippen LogP contribution in [0.4, 0.5) is 4.79 Å². The number of ether oxygens (including phenoxy) is 1. The lowest BCUT2D eigenvalue weighted by atomic mass is 10.1. The zero-order chi connectivity index (χ0) is 17.9. The minimum Gasteiger partial charge on any atom is -0.497 e. The van der Waals surface area contributed by atoms with Crippen LogP contribution in [0.3, 0.4) is 0 Å². The summed E-state index contributed by atoms with van der Waals surface area (Å²) < 4.78 is 28.0. The van der Waals surface area contributed by atoms with E-state index in [1.807, 2.05) is 24.3 Å². The number of carbonyl (C=O) groups excluding carboxylic acids is 1. The molecule has 1 aromatic heterocycles. The van der Waals surface area contributed by atoms with E-state index < -0.39 is 9.84 Å². The number of aromatic nitrogens is 2. The number of hydrogen-bond acceptors (Lipinski definition) is 5. The Labute approximate surface area is 146 Å². The molecule has 1 saturated heterocycles. The molecule has 134 valence electrons. The van der Waals surface area contributed by atoms with Gasteiger partial charge in [0.1, 0.15) is 5.75 Å². The van der Waals surface area contributed by atoms with Crippen molar-refractivity contribution in [2.75, 3.05) is 31.7 Å². The summed E-state index contributed by atoms with van der Waals surface area (Å²) >= 11 is 0. The second-order valence-electron chi connectivity index (χ2n) is 5.80. The van der Waals surface area contributed by atoms with Gasteiger partial charge in [-0.05, 0) is 24.3 Å². The van der Waals surface area contributed by atoms with E-state index in [0.717, 1.165) is 22.6 Å². The first-order chi connectivity index (χ1) is 12.0. The largest absolute Gasteiger partial charge is 0.497 e. The first kappa shape index (κ1) is 17.3. The average molecular weight is 364 g/mol. The minimum absolute atomic E-state index is 0.0171. The average Bonchev–Trinajstić information content (AvgIpc) is 3.08. The van der Waals surface area contributed by atoms with Crippen molar-refractivity contribution >= 4 is 15.9 Å². The number of carbonyl (C=O) groups is 1. The van der Waals surface area contributed by atoms with Crippen molar-refractivity contribution in [3.8, 4) is 17.0 Å². The van der Waals surface area contributed by atoms with Gasteiger partial charge in [0.2, 0.25) is 0 Å². The van der Waals surface area contributed by atoms with Gasteiger partial charge in [-0.3, -0.25) is 5.10 Å². The maximum absolute atomic E-state index is 12.2. The van der Waals surface area contributed by atoms with Crippen LogP contribution < -0.4 is 10.1 Å². The molecular formula is C16H20N4O4S. The van der Waals surface area contributed by atoms with E-state index in [2.05, 4.69) is 15.5 Å². The van der Waals surface area contributed by atoms with Gasteiger partial charge >= 0.3 is 6.03 Å². The number of amides is 2. The van der Waals surface area contributed by atoms with Gasteiger partial charge in [-0.2, -0.15) is 5.10 Å². The maximum atomic E-state index is 12.2. The maximum Gasteiger partial charge on any atom is 0.317 e. The summed E-state index contributed by atoms with van der Waals surface area (Å²) in [7, 11) is -1.39. The van der Waals surface area contributed by atoms with Gasteiger partial charge in [0.15, 0.2) is 9.84 Å². The highest BCUT2D eigenvalue weighted by atomic mass is 32.2. The zero-order valence-corrected chi connectivity index (χ0v) is 14.7. The number of sulfone groups is 1. The lowest BCUT2D eigenvalue weighted by Gasteiger charge is -2.26. The minimum atomic E-state index is -3.00. The fourth-order valence-corrected chi connectivity index (χ4v) is 3.85. The van der Waals surface area contributed by atoms with E-state index in [9.17, 15) is 13.2 Å². The Morgan fingerprint density at radius 1 is 1.28 bits per heavy atom. The molecule has 9 heteroatoms. The van der Waals surface area contributed by atoms with Gasteiger partial charge < -0.3 is 15.0 Å². The molecule has 0 radical (unpaired) electrons. The lowest BCUT2D eigenvalue weighted by molar-refractivity contribution is 0.202. The van der Waals surface area contributed by atoms with Crippen LogP contribution in [0.1, 0.15) is 5.56 Å². The zero-order valence-electron chi connectivity index (χ0n) is 13.9. The van der Waals surface area contributed by atoms with Crippen LogP contribution in [-0.2, 0) is 16.4 Å². The summed E-state index contributed by atoms with van der Waals surface area (Å²) in [6.45, 7) is 0.760. The predicted octanol–water partition coefficient (Wildman–Crippen LogP) is 1.03. The molecule has 8 nitrogen and oxygen atoms in total. The molecule has 0 aliphatic carbocycles. The quantitative estimate of drug-likeness (QED) is 0.843. The molecule has 0 atom stereocenters. The van der Waals surface area contributed by atoms with Crippen molar-refractivity contribution in [2.24, 2.45) is 0 Å². The Bertz CT molecular complexity index is 831. The fourth-order valence-electron chi connectivity index (χ4n) is 2.65. The number of nitrogens with zero attached hydrogens (tertiary/aromatic N) is 2. The topological polar surface area (TPSA) is 104 Å². The second kappa shape index (κ2) is 7.14. The van der Waals surface area contributed by atoms with Crippen LogP contribution in [0.5, 0.6) is 5.75 Å². The van der Waals surface area contributed by atoms with E-state index in [1.165, 1.54) is 4.90 Å². The van der Waals surface area contributed by atoms with Gasteiger partial charge in [0.25, 0.3) is 0 Å². The molecule has 25 heavy (non-hydrogen) atoms. The van der Waals surface area contributed by atoms with Crippen LogP contribution in [-0.4, -0.2) is 61.3 Å². The molecule has 3 rings (SSSR count). The summed E-state index contributed by atoms with van der Waals surface area (Å²) in [6, 6.07) is 7.26. The molecule has 2 heterocycles. The van der Waals surface area contributed by atoms with E-state index >= 15 is 0 Å². The third kappa shape index (κ3) is 4.11. The van der Waals surface area contributed by atoms with Gasteiger partial charge in [-0.25, -0.2) is 13.2 Å². The summed E-state index contributed by atoms with van der Waals surface area (Å²) in [5.41, 5.74) is 2.61. The van der Waals surface area contributed by atoms with E-state index in [1.54, 1.807) is 13.3 Å². The smallest absolute Gasteiger partial charge is 0.317 e. The number of benzene rings is 1. The molecule has 1 aromatic carbocycles. The van der Waals surface area contributed by atoms with E-state index in [-0.39, 0.29) is 30.6 Å². The normalized spacial score (nSPS) is 16.4. The van der Waals surface area contributed by atoms with Crippen LogP contribution in [0.25, 0.3) is 11.3 Å². The van der Waals surface area contributed by atoms with E-state index in [0.29, 0.717) is 6.54 Å². The highest BCUT2D eigenvalue weighted by Crippen LogP contribution is 2.23. The number of H-pyrrole nitrogens is 1. The van der Waals surface area contributed by atoms with Crippen molar-refractivity contribution in [1.82, 2.24) is 20.4 Å². The number of methoxy groups -OCH3 is 1. The second-order valence-corrected chi connectivity index (χ2v) is 8.10. The SMILES string of the molecule is COc1ccc(-c2[nH]ncc2CNC(=O)N2CCS(=O)(=O)CC2)cc1. The molecule has 0 spiro atoms. The number of rotatable bonds is 4. The van der Waals surface area contributed by atoms with Crippen molar-refractivity contribution in [3.63, 3.8) is 0 Å². The molecular weight excluding hydrogens is 344 g/mol. The van der Waals surface area contributed by atoms with Crippen LogP contribution >= 0.6 is 0 Å². The summed E-state index contributed by atoms with van der Waals surface area (Å²) in [4.78, 5) is 13.7. The van der Waals surface area contributed by atoms with Gasteiger partial charge in [0.05, 0.1) is 30.5 Å². The molecule has 1 aliphatic heterocycles. The Kier molecular flexibility index (Phi) is 4.93. The van der Waals surface area contributed by atoms with Gasteiger partial charge in [0, 0.05) is 30.8 Å². The molecule has 2 aromatic rings. The Balaban J connectivity index is 1.62. The monoisotopic (exact) mass is 364 g/mol. The highest BCUT2D eigenvalue weighted by molar-refractivity contribution is 7.91. The molecule has 1 fully saturated rings. The first-order valence-electron chi connectivity index (χ1n) is 7.88. The van der Waals surface area contributed by atoms with Crippen LogP contribution in [0.15, 0.2) is 30.5 Å². The Hall–Kier alpha value is -2.55. The van der Waals surface area contributed by atoms with Crippen LogP contribution in [0.2, 0.25) is 0 Å². The summed E-state index contributed by atoms with van der Waals surface area (Å²) in [6.07, 6.45) is 1.67. The summed E-state index contributed by atoms with van der Waals surface area (Å²) in [5, 5.41) is 9.81. The van der Waals surface area contributed by atoms with Crippen molar-refractivity contribution in [1.29, 1.82) is 0 Å². The van der Waals surface area contributed by atoms with Gasteiger partial charge in [-0.15, -0.1) is 0 Å². The standard InChI is InChI=1S/C16H20N4O4S/c1-24-14-4-2-12(3-5-14)15-13(11-18-19-15)10-17-16(21)20-6-8-25(22,23)9-7-20/h2-5,11H,6-10H2,1H3,(H,17,21)(H,18,19). The van der Waals surface area contributed by atoms with Crippen molar-refractivity contribution < 1.29 is 17.9 Å². The van der Waals surface area contributed by atoms with Crippen LogP contribution in [0, 0.1) is 0 Å². The molecule has 2 N–H and O–H groups in total. The first-order valence-corrected chi connectivity index (χ1v) is 9.70. The molecule has 0 unspecified atom stereocenters. The molecule has 2 amide bonds. The molecule has 1 aliphatic rings. The molecule has 0 bridgehead atoms. The van der Waals surface area contributed by atoms with Crippen molar-refractivity contribution in [3.05, 3.63) is 36.0 Å². The number of aromatic amines is 1. The van der Waals surface area contributed by atoms with Gasteiger partial charge in [-0.1, -0.05) is 0 Å². The predicted molar refractivity (Wildman–Crippen MR) is 93.0 cm³/mol. The fraction of sp³-hybridized carbons (Fsp3) is 0.375. The van der Waals surface area contributed by atoms with E-state index in [4.69, 9.17) is 4.74 Å². The summed E-state index contributed by atoms with van der Waals surface area (Å²) in [5.74, 6) is 0.796. The molecule has 0 saturated carbocycles. The third-order valence-corrected chi connectivity index (χ3v) is 5.77. The number of nitrogens with one attached hydrogen (secondary N) is 2. The lowest BCUT2D eigenvalue weighted by Crippen LogP contribution is -2.47. The number of hydrogen-bond donors (Lipinski definition) is 2.